The highest BCUT2D eigenvalue weighted by Gasteiger charge is 2.04. The molecular formula is C18H24N4O2. The summed E-state index contributed by atoms with van der Waals surface area (Å²) >= 11 is 0. The van der Waals surface area contributed by atoms with Crippen molar-refractivity contribution in [1.82, 2.24) is 10.2 Å². The molecule has 0 fully saturated rings. The van der Waals surface area contributed by atoms with E-state index in [0.717, 1.165) is 37.1 Å². The fourth-order valence-corrected chi connectivity index (χ4v) is 2.27. The maximum atomic E-state index is 11.6. The number of amides is 1. The van der Waals surface area contributed by atoms with Crippen LogP contribution in [0.25, 0.3) is 0 Å². The zero-order chi connectivity index (χ0) is 17.2. The van der Waals surface area contributed by atoms with Crippen molar-refractivity contribution < 1.29 is 9.53 Å². The third-order valence-electron chi connectivity index (χ3n) is 3.58. The second-order valence-corrected chi connectivity index (χ2v) is 5.44. The third-order valence-corrected chi connectivity index (χ3v) is 3.58. The van der Waals surface area contributed by atoms with Crippen LogP contribution in [-0.2, 0) is 11.2 Å². The van der Waals surface area contributed by atoms with Crippen molar-refractivity contribution >= 4 is 17.5 Å². The summed E-state index contributed by atoms with van der Waals surface area (Å²) in [6.45, 7) is 2.77. The maximum absolute atomic E-state index is 11.6. The van der Waals surface area contributed by atoms with Crippen molar-refractivity contribution in [1.29, 1.82) is 0 Å². The molecule has 0 atom stereocenters. The van der Waals surface area contributed by atoms with E-state index in [4.69, 9.17) is 4.74 Å². The van der Waals surface area contributed by atoms with Gasteiger partial charge in [-0.15, -0.1) is 10.2 Å². The van der Waals surface area contributed by atoms with Gasteiger partial charge in [0.25, 0.3) is 0 Å². The van der Waals surface area contributed by atoms with Crippen molar-refractivity contribution in [2.24, 2.45) is 0 Å². The van der Waals surface area contributed by atoms with E-state index in [1.807, 2.05) is 30.3 Å². The van der Waals surface area contributed by atoms with Crippen molar-refractivity contribution in [2.75, 3.05) is 24.3 Å². The molecule has 0 unspecified atom stereocenters. The van der Waals surface area contributed by atoms with Crippen LogP contribution in [0, 0.1) is 0 Å². The first kappa shape index (κ1) is 17.7. The quantitative estimate of drug-likeness (QED) is 0.739. The number of benzene rings is 1. The number of carbonyl (C=O) groups excluding carboxylic acids is 1. The third kappa shape index (κ3) is 5.53. The summed E-state index contributed by atoms with van der Waals surface area (Å²) in [4.78, 5) is 11.6. The van der Waals surface area contributed by atoms with E-state index < -0.39 is 0 Å². The molecule has 0 aliphatic heterocycles. The molecule has 0 aliphatic rings. The molecule has 0 radical (unpaired) electrons. The summed E-state index contributed by atoms with van der Waals surface area (Å²) in [6, 6.07) is 11.5. The molecule has 1 aromatic heterocycles. The molecule has 1 amide bonds. The Labute approximate surface area is 142 Å². The molecule has 2 N–H and O–H groups in total. The number of para-hydroxylation sites is 1. The number of methoxy groups -OCH3 is 1. The number of anilines is 2. The van der Waals surface area contributed by atoms with Gasteiger partial charge in [-0.2, -0.15) is 0 Å². The van der Waals surface area contributed by atoms with Gasteiger partial charge in [-0.05, 0) is 36.6 Å². The van der Waals surface area contributed by atoms with Crippen molar-refractivity contribution in [3.8, 4) is 5.75 Å². The Kier molecular flexibility index (Phi) is 7.01. The number of nitrogens with zero attached hydrogens (tertiary/aromatic N) is 2. The molecule has 0 bridgehead atoms. The van der Waals surface area contributed by atoms with Crippen molar-refractivity contribution in [3.63, 3.8) is 0 Å². The van der Waals surface area contributed by atoms with Crippen LogP contribution in [0.3, 0.4) is 0 Å². The van der Waals surface area contributed by atoms with Gasteiger partial charge in [-0.25, -0.2) is 0 Å². The zero-order valence-corrected chi connectivity index (χ0v) is 14.2. The van der Waals surface area contributed by atoms with Crippen LogP contribution in [-0.4, -0.2) is 29.8 Å². The molecule has 2 aromatic rings. The van der Waals surface area contributed by atoms with Crippen LogP contribution in [0.15, 0.2) is 36.4 Å². The minimum Gasteiger partial charge on any atom is -0.496 e. The molecular weight excluding hydrogens is 304 g/mol. The second-order valence-electron chi connectivity index (χ2n) is 5.44. The monoisotopic (exact) mass is 328 g/mol. The Hall–Kier alpha value is -2.63. The van der Waals surface area contributed by atoms with Crippen LogP contribution in [0.4, 0.5) is 11.6 Å². The molecule has 1 heterocycles. The first-order valence-corrected chi connectivity index (χ1v) is 8.22. The van der Waals surface area contributed by atoms with Gasteiger partial charge in [0, 0.05) is 13.0 Å². The molecule has 0 aliphatic carbocycles. The van der Waals surface area contributed by atoms with Gasteiger partial charge in [0.15, 0.2) is 5.82 Å². The Bertz CT molecular complexity index is 644. The molecule has 128 valence electrons. The van der Waals surface area contributed by atoms with Crippen LogP contribution in [0.5, 0.6) is 5.75 Å². The topological polar surface area (TPSA) is 76.1 Å². The summed E-state index contributed by atoms with van der Waals surface area (Å²) in [6.07, 6.45) is 3.20. The number of ether oxygens (including phenoxy) is 1. The molecule has 0 saturated heterocycles. The number of nitrogens with one attached hydrogen (secondary N) is 2. The van der Waals surface area contributed by atoms with E-state index in [1.165, 1.54) is 0 Å². The number of aromatic nitrogens is 2. The highest BCUT2D eigenvalue weighted by Crippen LogP contribution is 2.17. The van der Waals surface area contributed by atoms with Gasteiger partial charge in [0.05, 0.1) is 7.11 Å². The smallest absolute Gasteiger partial charge is 0.225 e. The Balaban J connectivity index is 1.80. The predicted molar refractivity (Wildman–Crippen MR) is 95.4 cm³/mol. The molecule has 6 heteroatoms. The van der Waals surface area contributed by atoms with Gasteiger partial charge >= 0.3 is 0 Å². The average molecular weight is 328 g/mol. The van der Waals surface area contributed by atoms with Gasteiger partial charge in [0.2, 0.25) is 5.91 Å². The zero-order valence-electron chi connectivity index (χ0n) is 14.2. The summed E-state index contributed by atoms with van der Waals surface area (Å²) < 4.78 is 5.33. The van der Waals surface area contributed by atoms with Gasteiger partial charge in [-0.1, -0.05) is 31.5 Å². The SMILES string of the molecule is CCCCC(=O)Nc1ccc(NCCc2ccccc2OC)nn1. The number of carbonyl (C=O) groups is 1. The van der Waals surface area contributed by atoms with Gasteiger partial charge < -0.3 is 15.4 Å². The van der Waals surface area contributed by atoms with Gasteiger partial charge in [0.1, 0.15) is 11.6 Å². The lowest BCUT2D eigenvalue weighted by Crippen LogP contribution is -2.13. The number of rotatable bonds is 9. The minimum absolute atomic E-state index is 0.0250. The lowest BCUT2D eigenvalue weighted by molar-refractivity contribution is -0.116. The Morgan fingerprint density at radius 2 is 1.88 bits per heavy atom. The van der Waals surface area contributed by atoms with E-state index in [0.29, 0.717) is 18.1 Å². The summed E-state index contributed by atoms with van der Waals surface area (Å²) in [5.74, 6) is 2.02. The van der Waals surface area contributed by atoms with Crippen LogP contribution in [0.2, 0.25) is 0 Å². The first-order valence-electron chi connectivity index (χ1n) is 8.22. The number of hydrogen-bond donors (Lipinski definition) is 2. The average Bonchev–Trinajstić information content (AvgIpc) is 2.62. The largest absolute Gasteiger partial charge is 0.496 e. The second kappa shape index (κ2) is 9.50. The normalized spacial score (nSPS) is 10.2. The van der Waals surface area contributed by atoms with E-state index in [1.54, 1.807) is 13.2 Å². The molecule has 0 spiro atoms. The lowest BCUT2D eigenvalue weighted by atomic mass is 10.1. The molecule has 6 nitrogen and oxygen atoms in total. The van der Waals surface area contributed by atoms with E-state index in [-0.39, 0.29) is 5.91 Å². The number of unbranched alkanes of at least 4 members (excludes halogenated alkanes) is 1. The standard InChI is InChI=1S/C18H24N4O2/c1-3-4-9-18(23)20-17-11-10-16(21-22-17)19-13-12-14-7-5-6-8-15(14)24-2/h5-8,10-11H,3-4,9,12-13H2,1-2H3,(H,19,21)(H,20,22,23). The van der Waals surface area contributed by atoms with Crippen LogP contribution in [0.1, 0.15) is 31.7 Å². The Morgan fingerprint density at radius 1 is 1.12 bits per heavy atom. The van der Waals surface area contributed by atoms with Crippen LogP contribution < -0.4 is 15.4 Å². The van der Waals surface area contributed by atoms with Crippen LogP contribution >= 0.6 is 0 Å². The highest BCUT2D eigenvalue weighted by molar-refractivity contribution is 5.89. The molecule has 1 aromatic carbocycles. The van der Waals surface area contributed by atoms with E-state index >= 15 is 0 Å². The van der Waals surface area contributed by atoms with Crippen molar-refractivity contribution in [2.45, 2.75) is 32.6 Å². The minimum atomic E-state index is -0.0250. The summed E-state index contributed by atoms with van der Waals surface area (Å²) in [7, 11) is 1.67. The Morgan fingerprint density at radius 3 is 2.58 bits per heavy atom. The van der Waals surface area contributed by atoms with Crippen molar-refractivity contribution in [3.05, 3.63) is 42.0 Å². The fraction of sp³-hybridized carbons (Fsp3) is 0.389. The van der Waals surface area contributed by atoms with Gasteiger partial charge in [-0.3, -0.25) is 4.79 Å². The molecule has 2 rings (SSSR count). The fourth-order valence-electron chi connectivity index (χ4n) is 2.27. The molecule has 24 heavy (non-hydrogen) atoms. The summed E-state index contributed by atoms with van der Waals surface area (Å²) in [5, 5.41) is 14.1. The summed E-state index contributed by atoms with van der Waals surface area (Å²) in [5.41, 5.74) is 1.14. The maximum Gasteiger partial charge on any atom is 0.225 e. The predicted octanol–water partition coefficient (Wildman–Crippen LogP) is 3.27. The number of hydrogen-bond acceptors (Lipinski definition) is 5. The lowest BCUT2D eigenvalue weighted by Gasteiger charge is -2.09. The first-order chi connectivity index (χ1) is 11.7. The molecule has 0 saturated carbocycles. The highest BCUT2D eigenvalue weighted by atomic mass is 16.5. The van der Waals surface area contributed by atoms with E-state index in [9.17, 15) is 4.79 Å². The van der Waals surface area contributed by atoms with E-state index in [2.05, 4.69) is 27.8 Å².